The molecule has 7 heteroatoms. The summed E-state index contributed by atoms with van der Waals surface area (Å²) in [6.07, 6.45) is 3.65. The molecule has 2 heterocycles. The number of benzene rings is 2. The molecule has 1 aromatic heterocycles. The number of rotatable bonds is 6. The van der Waals surface area contributed by atoms with E-state index in [1.165, 1.54) is 30.6 Å². The Kier molecular flexibility index (Phi) is 6.32. The van der Waals surface area contributed by atoms with Crippen molar-refractivity contribution >= 4 is 40.2 Å². The highest BCUT2D eigenvalue weighted by Gasteiger charge is 2.15. The molecule has 150 valence electrons. The number of carbonyl (C=O) groups is 1. The maximum Gasteiger partial charge on any atom is 0.255 e. The maximum absolute atomic E-state index is 12.7. The van der Waals surface area contributed by atoms with Crippen LogP contribution in [0, 0.1) is 0 Å². The van der Waals surface area contributed by atoms with E-state index in [9.17, 15) is 4.79 Å². The lowest BCUT2D eigenvalue weighted by atomic mass is 10.1. The first-order valence-corrected chi connectivity index (χ1v) is 11.0. The molecule has 0 unspecified atom stereocenters. The maximum atomic E-state index is 12.7. The van der Waals surface area contributed by atoms with E-state index < -0.39 is 0 Å². The van der Waals surface area contributed by atoms with Crippen LogP contribution in [0.1, 0.15) is 35.3 Å². The summed E-state index contributed by atoms with van der Waals surface area (Å²) < 4.78 is 5.73. The van der Waals surface area contributed by atoms with Gasteiger partial charge in [-0.25, -0.2) is 4.98 Å². The molecular formula is C22H22ClN3O2S. The Morgan fingerprint density at radius 3 is 2.79 bits per heavy atom. The van der Waals surface area contributed by atoms with E-state index >= 15 is 0 Å². The van der Waals surface area contributed by atoms with Gasteiger partial charge in [-0.2, -0.15) is 0 Å². The number of piperidine rings is 1. The van der Waals surface area contributed by atoms with Gasteiger partial charge < -0.3 is 15.0 Å². The molecule has 1 amide bonds. The minimum absolute atomic E-state index is 0.203. The molecule has 1 N–H and O–H groups in total. The molecule has 1 aliphatic heterocycles. The number of nitrogens with zero attached hydrogens (tertiary/aromatic N) is 2. The number of halogens is 1. The van der Waals surface area contributed by atoms with Crippen molar-refractivity contribution < 1.29 is 9.53 Å². The van der Waals surface area contributed by atoms with Gasteiger partial charge in [-0.15, -0.1) is 11.3 Å². The minimum atomic E-state index is -0.203. The van der Waals surface area contributed by atoms with Crippen LogP contribution in [0.25, 0.3) is 0 Å². The van der Waals surface area contributed by atoms with Crippen LogP contribution in [-0.2, 0) is 6.61 Å². The Morgan fingerprint density at radius 1 is 1.17 bits per heavy atom. The number of nitrogens with one attached hydrogen (secondary N) is 1. The topological polar surface area (TPSA) is 54.5 Å². The molecule has 0 aliphatic carbocycles. The van der Waals surface area contributed by atoms with Gasteiger partial charge in [-0.3, -0.25) is 4.79 Å². The third-order valence-electron chi connectivity index (χ3n) is 4.87. The summed E-state index contributed by atoms with van der Waals surface area (Å²) in [7, 11) is 0. The standard InChI is InChI=1S/C22H22ClN3O2S/c23-20-12-17(7-8-21(20)26-9-2-1-3-10-26)25-22(27)16-5-4-6-19(11-16)28-13-18-14-29-15-24-18/h4-8,11-12,14-15H,1-3,9-10,13H2,(H,25,27). The number of thiazole rings is 1. The Hall–Kier alpha value is -2.57. The summed E-state index contributed by atoms with van der Waals surface area (Å²) in [4.78, 5) is 19.2. The van der Waals surface area contributed by atoms with Gasteiger partial charge in [0, 0.05) is 29.7 Å². The summed E-state index contributed by atoms with van der Waals surface area (Å²) in [6, 6.07) is 12.8. The van der Waals surface area contributed by atoms with Crippen molar-refractivity contribution in [2.24, 2.45) is 0 Å². The summed E-state index contributed by atoms with van der Waals surface area (Å²) in [5.41, 5.74) is 4.87. The van der Waals surface area contributed by atoms with Crippen LogP contribution in [0.5, 0.6) is 5.75 Å². The summed E-state index contributed by atoms with van der Waals surface area (Å²) in [6.45, 7) is 2.43. The van der Waals surface area contributed by atoms with Crippen molar-refractivity contribution in [2.45, 2.75) is 25.9 Å². The zero-order valence-electron chi connectivity index (χ0n) is 15.9. The summed E-state index contributed by atoms with van der Waals surface area (Å²) >= 11 is 8.02. The average molecular weight is 428 g/mol. The van der Waals surface area contributed by atoms with Gasteiger partial charge in [0.05, 0.1) is 21.9 Å². The highest BCUT2D eigenvalue weighted by atomic mass is 35.5. The van der Waals surface area contributed by atoms with Gasteiger partial charge in [0.15, 0.2) is 0 Å². The van der Waals surface area contributed by atoms with Crippen LogP contribution in [-0.4, -0.2) is 24.0 Å². The normalized spacial score (nSPS) is 13.9. The van der Waals surface area contributed by atoms with Gasteiger partial charge in [-0.05, 0) is 55.7 Å². The van der Waals surface area contributed by atoms with E-state index in [1.807, 2.05) is 29.6 Å². The lowest BCUT2D eigenvalue weighted by Gasteiger charge is -2.29. The van der Waals surface area contributed by atoms with E-state index in [0.29, 0.717) is 28.6 Å². The third-order valence-corrected chi connectivity index (χ3v) is 5.81. The smallest absolute Gasteiger partial charge is 0.255 e. The molecule has 1 fully saturated rings. The van der Waals surface area contributed by atoms with E-state index in [0.717, 1.165) is 24.5 Å². The zero-order valence-corrected chi connectivity index (χ0v) is 17.5. The Bertz CT molecular complexity index is 972. The second-order valence-corrected chi connectivity index (χ2v) is 8.09. The van der Waals surface area contributed by atoms with Crippen molar-refractivity contribution in [1.82, 2.24) is 4.98 Å². The SMILES string of the molecule is O=C(Nc1ccc(N2CCCCC2)c(Cl)c1)c1cccc(OCc2cscn2)c1. The molecular weight excluding hydrogens is 406 g/mol. The number of ether oxygens (including phenoxy) is 1. The van der Waals surface area contributed by atoms with Gasteiger partial charge in [-0.1, -0.05) is 17.7 Å². The molecule has 0 bridgehead atoms. The molecule has 4 rings (SSSR count). The van der Waals surface area contributed by atoms with Crippen molar-refractivity contribution in [1.29, 1.82) is 0 Å². The molecule has 0 radical (unpaired) electrons. The van der Waals surface area contributed by atoms with Crippen LogP contribution in [0.2, 0.25) is 5.02 Å². The number of carbonyl (C=O) groups excluding carboxylic acids is 1. The van der Waals surface area contributed by atoms with Gasteiger partial charge in [0.25, 0.3) is 5.91 Å². The quantitative estimate of drug-likeness (QED) is 0.554. The van der Waals surface area contributed by atoms with Crippen LogP contribution in [0.3, 0.4) is 0 Å². The highest BCUT2D eigenvalue weighted by Crippen LogP contribution is 2.31. The van der Waals surface area contributed by atoms with Crippen LogP contribution >= 0.6 is 22.9 Å². The van der Waals surface area contributed by atoms with Crippen LogP contribution in [0.4, 0.5) is 11.4 Å². The van der Waals surface area contributed by atoms with E-state index in [4.69, 9.17) is 16.3 Å². The fourth-order valence-electron chi connectivity index (χ4n) is 3.37. The lowest BCUT2D eigenvalue weighted by molar-refractivity contribution is 0.102. The van der Waals surface area contributed by atoms with E-state index in [2.05, 4.69) is 15.2 Å². The van der Waals surface area contributed by atoms with Gasteiger partial charge in [0.1, 0.15) is 12.4 Å². The predicted octanol–water partition coefficient (Wildman–Crippen LogP) is 5.62. The number of hydrogen-bond acceptors (Lipinski definition) is 5. The Morgan fingerprint density at radius 2 is 2.03 bits per heavy atom. The fourth-order valence-corrected chi connectivity index (χ4v) is 4.22. The van der Waals surface area contributed by atoms with Crippen molar-refractivity contribution in [2.75, 3.05) is 23.3 Å². The van der Waals surface area contributed by atoms with E-state index in [1.54, 1.807) is 23.7 Å². The number of aromatic nitrogens is 1. The third kappa shape index (κ3) is 5.08. The Balaban J connectivity index is 1.41. The molecule has 5 nitrogen and oxygen atoms in total. The molecule has 29 heavy (non-hydrogen) atoms. The second kappa shape index (κ2) is 9.29. The first kappa shape index (κ1) is 19.7. The van der Waals surface area contributed by atoms with Crippen molar-refractivity contribution in [3.05, 3.63) is 69.6 Å². The molecule has 2 aromatic carbocycles. The summed E-state index contributed by atoms with van der Waals surface area (Å²) in [5, 5.41) is 5.51. The fraction of sp³-hybridized carbons (Fsp3) is 0.273. The first-order chi connectivity index (χ1) is 14.2. The minimum Gasteiger partial charge on any atom is -0.487 e. The lowest BCUT2D eigenvalue weighted by Crippen LogP contribution is -2.29. The number of hydrogen-bond donors (Lipinski definition) is 1. The first-order valence-electron chi connectivity index (χ1n) is 9.65. The molecule has 0 saturated carbocycles. The van der Waals surface area contributed by atoms with Crippen LogP contribution in [0.15, 0.2) is 53.4 Å². The number of anilines is 2. The van der Waals surface area contributed by atoms with E-state index in [-0.39, 0.29) is 5.91 Å². The molecule has 1 saturated heterocycles. The predicted molar refractivity (Wildman–Crippen MR) is 118 cm³/mol. The number of amides is 1. The molecule has 3 aromatic rings. The van der Waals surface area contributed by atoms with Gasteiger partial charge >= 0.3 is 0 Å². The highest BCUT2D eigenvalue weighted by molar-refractivity contribution is 7.07. The van der Waals surface area contributed by atoms with Crippen molar-refractivity contribution in [3.63, 3.8) is 0 Å². The Labute approximate surface area is 179 Å². The van der Waals surface area contributed by atoms with Gasteiger partial charge in [0.2, 0.25) is 0 Å². The molecule has 1 aliphatic rings. The average Bonchev–Trinajstić information content (AvgIpc) is 3.27. The zero-order chi connectivity index (χ0) is 20.1. The molecule has 0 spiro atoms. The molecule has 0 atom stereocenters. The largest absolute Gasteiger partial charge is 0.487 e. The summed E-state index contributed by atoms with van der Waals surface area (Å²) in [5.74, 6) is 0.426. The van der Waals surface area contributed by atoms with Crippen molar-refractivity contribution in [3.8, 4) is 5.75 Å². The monoisotopic (exact) mass is 427 g/mol. The van der Waals surface area contributed by atoms with Crippen LogP contribution < -0.4 is 15.0 Å². The second-order valence-electron chi connectivity index (χ2n) is 6.96.